The minimum absolute atomic E-state index is 0.203. The molecule has 40 heavy (non-hydrogen) atoms. The predicted molar refractivity (Wildman–Crippen MR) is 159 cm³/mol. The molecule has 0 N–H and O–H groups in total. The molecule has 1 atom stereocenters. The second-order valence-electron chi connectivity index (χ2n) is 8.87. The van der Waals surface area contributed by atoms with Crippen LogP contribution in [0.5, 0.6) is 17.2 Å². The lowest BCUT2D eigenvalue weighted by molar-refractivity contribution is -0.139. The summed E-state index contributed by atoms with van der Waals surface area (Å²) in [6, 6.07) is 10.3. The van der Waals surface area contributed by atoms with Crippen LogP contribution in [0.2, 0.25) is 0 Å². The van der Waals surface area contributed by atoms with Gasteiger partial charge in [-0.2, -0.15) is 0 Å². The van der Waals surface area contributed by atoms with E-state index in [9.17, 15) is 9.59 Å². The van der Waals surface area contributed by atoms with E-state index in [4.69, 9.17) is 23.9 Å². The fraction of sp³-hybridized carbons (Fsp3) is 0.367. The Morgan fingerprint density at radius 2 is 1.75 bits per heavy atom. The number of hydrogen-bond donors (Lipinski definition) is 0. The average molecular weight is 630 g/mol. The van der Waals surface area contributed by atoms with Crippen LogP contribution in [0, 0.1) is 0 Å². The van der Waals surface area contributed by atoms with Crippen molar-refractivity contribution in [1.82, 2.24) is 4.57 Å². The zero-order valence-corrected chi connectivity index (χ0v) is 25.7. The highest BCUT2D eigenvalue weighted by Crippen LogP contribution is 2.38. The van der Waals surface area contributed by atoms with Crippen molar-refractivity contribution < 1.29 is 23.7 Å². The molecule has 0 saturated heterocycles. The number of thiazole rings is 1. The number of rotatable bonds is 11. The van der Waals surface area contributed by atoms with Gasteiger partial charge < -0.3 is 18.9 Å². The number of esters is 1. The molecule has 2 heterocycles. The molecule has 8 nitrogen and oxygen atoms in total. The van der Waals surface area contributed by atoms with Crippen molar-refractivity contribution in [2.75, 3.05) is 26.9 Å². The molecule has 1 aromatic heterocycles. The van der Waals surface area contributed by atoms with Crippen molar-refractivity contribution in [1.29, 1.82) is 0 Å². The quantitative estimate of drug-likeness (QED) is 0.273. The Morgan fingerprint density at radius 1 is 1.02 bits per heavy atom. The zero-order chi connectivity index (χ0) is 28.8. The van der Waals surface area contributed by atoms with Crippen molar-refractivity contribution in [2.45, 2.75) is 46.6 Å². The number of carbonyl (C=O) groups excluding carboxylic acids is 1. The zero-order valence-electron chi connectivity index (χ0n) is 23.3. The van der Waals surface area contributed by atoms with Gasteiger partial charge in [0.25, 0.3) is 5.56 Å². The van der Waals surface area contributed by atoms with Crippen molar-refractivity contribution in [3.05, 3.63) is 83.0 Å². The summed E-state index contributed by atoms with van der Waals surface area (Å²) < 4.78 is 25.5. The molecule has 3 aromatic rings. The van der Waals surface area contributed by atoms with Gasteiger partial charge in [0, 0.05) is 10.0 Å². The highest BCUT2D eigenvalue weighted by atomic mass is 79.9. The lowest BCUT2D eigenvalue weighted by Crippen LogP contribution is -2.40. The first kappa shape index (κ1) is 29.6. The Morgan fingerprint density at radius 3 is 2.42 bits per heavy atom. The molecular formula is C30H33BrN2O6S. The monoisotopic (exact) mass is 628 g/mol. The molecule has 212 valence electrons. The summed E-state index contributed by atoms with van der Waals surface area (Å²) in [4.78, 5) is 32.8. The molecule has 4 rings (SSSR count). The van der Waals surface area contributed by atoms with Gasteiger partial charge in [0.15, 0.2) is 16.3 Å². The smallest absolute Gasteiger partial charge is 0.338 e. The van der Waals surface area contributed by atoms with Crippen LogP contribution in [0.25, 0.3) is 6.08 Å². The molecular weight excluding hydrogens is 596 g/mol. The van der Waals surface area contributed by atoms with E-state index in [1.54, 1.807) is 18.6 Å². The van der Waals surface area contributed by atoms with E-state index < -0.39 is 12.0 Å². The Balaban J connectivity index is 1.99. The number of fused-ring (bicyclic) bond motifs is 1. The molecule has 1 aliphatic rings. The SMILES string of the molecule is CCCC1=C(C(=O)OCC)[C@H](c2cc(Br)ccc2OC)n2c(s/c(=C/c3ccc(OCC)c(OCC)c3)c2=O)=N1. The maximum atomic E-state index is 14.1. The van der Waals surface area contributed by atoms with Gasteiger partial charge in [-0.05, 0) is 69.2 Å². The Kier molecular flexibility index (Phi) is 9.86. The highest BCUT2D eigenvalue weighted by molar-refractivity contribution is 9.10. The molecule has 0 fully saturated rings. The lowest BCUT2D eigenvalue weighted by atomic mass is 9.93. The maximum Gasteiger partial charge on any atom is 0.338 e. The molecule has 0 aliphatic carbocycles. The van der Waals surface area contributed by atoms with Crippen molar-refractivity contribution >= 4 is 39.3 Å². The number of hydrogen-bond acceptors (Lipinski definition) is 8. The molecule has 0 unspecified atom stereocenters. The largest absolute Gasteiger partial charge is 0.496 e. The number of halogens is 1. The molecule has 0 saturated carbocycles. The summed E-state index contributed by atoms with van der Waals surface area (Å²) in [5.41, 5.74) is 2.14. The van der Waals surface area contributed by atoms with Crippen LogP contribution < -0.4 is 29.1 Å². The number of aromatic nitrogens is 1. The predicted octanol–water partition coefficient (Wildman–Crippen LogP) is 5.15. The number of nitrogens with zero attached hydrogens (tertiary/aromatic N) is 2. The molecule has 0 spiro atoms. The van der Waals surface area contributed by atoms with Gasteiger partial charge in [0.1, 0.15) is 11.8 Å². The van der Waals surface area contributed by atoms with E-state index >= 15 is 0 Å². The van der Waals surface area contributed by atoms with Gasteiger partial charge in [0.2, 0.25) is 0 Å². The van der Waals surface area contributed by atoms with E-state index in [0.717, 1.165) is 16.5 Å². The molecule has 0 amide bonds. The van der Waals surface area contributed by atoms with Crippen LogP contribution in [-0.2, 0) is 9.53 Å². The van der Waals surface area contributed by atoms with Crippen LogP contribution in [0.15, 0.2) is 61.9 Å². The van der Waals surface area contributed by atoms with Crippen molar-refractivity contribution in [2.24, 2.45) is 4.99 Å². The van der Waals surface area contributed by atoms with Gasteiger partial charge >= 0.3 is 5.97 Å². The molecule has 2 aromatic carbocycles. The molecule has 0 bridgehead atoms. The fourth-order valence-corrected chi connectivity index (χ4v) is 6.04. The Hall–Kier alpha value is -3.37. The van der Waals surface area contributed by atoms with E-state index in [-0.39, 0.29) is 12.2 Å². The second-order valence-corrected chi connectivity index (χ2v) is 10.8. The van der Waals surface area contributed by atoms with E-state index in [0.29, 0.717) is 63.1 Å². The lowest BCUT2D eigenvalue weighted by Gasteiger charge is -2.27. The van der Waals surface area contributed by atoms with Crippen molar-refractivity contribution in [3.63, 3.8) is 0 Å². The van der Waals surface area contributed by atoms with Gasteiger partial charge in [-0.1, -0.05) is 46.7 Å². The summed E-state index contributed by atoms with van der Waals surface area (Å²) in [7, 11) is 1.57. The first-order chi connectivity index (χ1) is 19.4. The van der Waals surface area contributed by atoms with Crippen LogP contribution in [-0.4, -0.2) is 37.5 Å². The topological polar surface area (TPSA) is 88.4 Å². The van der Waals surface area contributed by atoms with Crippen LogP contribution in [0.4, 0.5) is 0 Å². The summed E-state index contributed by atoms with van der Waals surface area (Å²) in [5, 5.41) is 0. The Bertz CT molecular complexity index is 1610. The van der Waals surface area contributed by atoms with Gasteiger partial charge in [-0.3, -0.25) is 9.36 Å². The highest BCUT2D eigenvalue weighted by Gasteiger charge is 2.36. The van der Waals surface area contributed by atoms with E-state index in [1.165, 1.54) is 11.3 Å². The molecule has 0 radical (unpaired) electrons. The minimum atomic E-state index is -0.772. The standard InChI is InChI=1S/C30H33BrN2O6S/c1-6-10-21-26(29(35)39-9-4)27(20-17-19(31)12-14-22(20)36-5)33-28(34)25(40-30(33)32-21)16-18-11-13-23(37-7-2)24(15-18)38-8-3/h11-17,27H,6-10H2,1-5H3/b25-16+/t27-/m0/s1. The first-order valence-electron chi connectivity index (χ1n) is 13.3. The minimum Gasteiger partial charge on any atom is -0.496 e. The molecule has 10 heteroatoms. The normalized spacial score (nSPS) is 14.9. The maximum absolute atomic E-state index is 14.1. The fourth-order valence-electron chi connectivity index (χ4n) is 4.64. The first-order valence-corrected chi connectivity index (χ1v) is 14.9. The number of benzene rings is 2. The number of ether oxygens (including phenoxy) is 4. The Labute approximate surface area is 245 Å². The summed E-state index contributed by atoms with van der Waals surface area (Å²) in [5.74, 6) is 1.31. The molecule has 1 aliphatic heterocycles. The number of allylic oxidation sites excluding steroid dienone is 1. The van der Waals surface area contributed by atoms with Crippen LogP contribution in [0.1, 0.15) is 57.7 Å². The van der Waals surface area contributed by atoms with Gasteiger partial charge in [-0.15, -0.1) is 0 Å². The van der Waals surface area contributed by atoms with Crippen molar-refractivity contribution in [3.8, 4) is 17.2 Å². The summed E-state index contributed by atoms with van der Waals surface area (Å²) in [6.07, 6.45) is 3.14. The number of carbonyl (C=O) groups is 1. The second kappa shape index (κ2) is 13.3. The van der Waals surface area contributed by atoms with Gasteiger partial charge in [0.05, 0.1) is 42.7 Å². The number of methoxy groups -OCH3 is 1. The summed E-state index contributed by atoms with van der Waals surface area (Å²) in [6.45, 7) is 8.81. The van der Waals surface area contributed by atoms with E-state index in [1.807, 2.05) is 63.2 Å². The third-order valence-corrected chi connectivity index (χ3v) is 7.72. The van der Waals surface area contributed by atoms with Crippen LogP contribution in [0.3, 0.4) is 0 Å². The average Bonchev–Trinajstić information content (AvgIpc) is 3.24. The van der Waals surface area contributed by atoms with Gasteiger partial charge in [-0.25, -0.2) is 9.79 Å². The van der Waals surface area contributed by atoms with Crippen LogP contribution >= 0.6 is 27.3 Å². The summed E-state index contributed by atoms with van der Waals surface area (Å²) >= 11 is 4.83. The third kappa shape index (κ3) is 6.02. The third-order valence-electron chi connectivity index (χ3n) is 6.24. The van der Waals surface area contributed by atoms with E-state index in [2.05, 4.69) is 15.9 Å².